The maximum absolute atomic E-state index is 11.2. The van der Waals surface area contributed by atoms with E-state index in [-0.39, 0.29) is 12.8 Å². The molecule has 0 bridgehead atoms. The third-order valence-electron chi connectivity index (χ3n) is 1.88. The van der Waals surface area contributed by atoms with Gasteiger partial charge < -0.3 is 16.0 Å². The van der Waals surface area contributed by atoms with E-state index in [2.05, 4.69) is 22.7 Å². The number of carbonyl (C=O) groups excluding carboxylic acids is 2. The molecule has 1 amide bonds. The van der Waals surface area contributed by atoms with Gasteiger partial charge in [0, 0.05) is 6.42 Å². The monoisotopic (exact) mass is 259 g/mol. The quantitative estimate of drug-likeness (QED) is 0.247. The fourth-order valence-corrected chi connectivity index (χ4v) is 1.04. The lowest BCUT2D eigenvalue weighted by Crippen LogP contribution is -2.43. The van der Waals surface area contributed by atoms with Crippen LogP contribution in [-0.4, -0.2) is 45.1 Å². The van der Waals surface area contributed by atoms with Gasteiger partial charge in [0.1, 0.15) is 6.04 Å². The molecule has 0 aliphatic carbocycles. The number of nitrogens with zero attached hydrogens (tertiary/aromatic N) is 2. The van der Waals surface area contributed by atoms with Crippen molar-refractivity contribution < 1.29 is 24.3 Å². The Morgan fingerprint density at radius 1 is 1.53 bits per heavy atom. The number of amides is 1. The molecule has 0 fully saturated rings. The Balaban J connectivity index is 4.35. The summed E-state index contributed by atoms with van der Waals surface area (Å²) < 4.78 is 0. The molecule has 0 aromatic carbocycles. The summed E-state index contributed by atoms with van der Waals surface area (Å²) in [5, 5.41) is 10.4. The van der Waals surface area contributed by atoms with Crippen molar-refractivity contribution in [2.24, 2.45) is 0 Å². The summed E-state index contributed by atoms with van der Waals surface area (Å²) in [4.78, 5) is 35.5. The van der Waals surface area contributed by atoms with Crippen LogP contribution in [0, 0.1) is 0 Å². The zero-order valence-electron chi connectivity index (χ0n) is 9.16. The molecule has 0 aliphatic rings. The second-order valence-electron chi connectivity index (χ2n) is 3.32. The highest BCUT2D eigenvalue weighted by atomic mass is 32.1. The Labute approximate surface area is 103 Å². The van der Waals surface area contributed by atoms with Gasteiger partial charge in [-0.3, -0.25) is 9.59 Å². The molecule has 8 heteroatoms. The van der Waals surface area contributed by atoms with Gasteiger partial charge in [0.15, 0.2) is 0 Å². The van der Waals surface area contributed by atoms with Crippen LogP contribution in [0.4, 0.5) is 0 Å². The molecule has 0 heterocycles. The van der Waals surface area contributed by atoms with Crippen LogP contribution < -0.4 is 5.32 Å². The topological polar surface area (TPSA) is 120 Å². The van der Waals surface area contributed by atoms with Crippen LogP contribution in [0.2, 0.25) is 0 Å². The van der Waals surface area contributed by atoms with E-state index in [0.717, 1.165) is 0 Å². The van der Waals surface area contributed by atoms with Crippen molar-refractivity contribution in [2.45, 2.75) is 31.1 Å². The molecule has 94 valence electrons. The Morgan fingerprint density at radius 2 is 2.12 bits per heavy atom. The second-order valence-corrected chi connectivity index (χ2v) is 4.10. The molecule has 17 heavy (non-hydrogen) atoms. The number of hydrogen-bond acceptors (Lipinski definition) is 4. The van der Waals surface area contributed by atoms with Gasteiger partial charge in [0.2, 0.25) is 11.7 Å². The maximum Gasteiger partial charge on any atom is 0.326 e. The van der Waals surface area contributed by atoms with Gasteiger partial charge >= 0.3 is 12.2 Å². The van der Waals surface area contributed by atoms with E-state index in [1.807, 2.05) is 0 Å². The van der Waals surface area contributed by atoms with Crippen LogP contribution >= 0.6 is 12.6 Å². The number of carboxylic acid groups (broad SMARTS) is 1. The van der Waals surface area contributed by atoms with Crippen LogP contribution in [-0.2, 0) is 14.4 Å². The first-order valence-corrected chi connectivity index (χ1v) is 5.31. The van der Waals surface area contributed by atoms with Crippen molar-refractivity contribution in [1.29, 1.82) is 0 Å². The SMILES string of the molecule is CC(S)C(=O)NC(CCC(=O)C=[N+]=[N-])C(=O)O. The average molecular weight is 259 g/mol. The van der Waals surface area contributed by atoms with Crippen LogP contribution in [0.3, 0.4) is 0 Å². The van der Waals surface area contributed by atoms with Crippen molar-refractivity contribution in [1.82, 2.24) is 5.32 Å². The third kappa shape index (κ3) is 6.49. The van der Waals surface area contributed by atoms with Crippen LogP contribution in [0.1, 0.15) is 19.8 Å². The van der Waals surface area contributed by atoms with Crippen LogP contribution in [0.15, 0.2) is 0 Å². The van der Waals surface area contributed by atoms with Gasteiger partial charge in [-0.05, 0) is 13.3 Å². The highest BCUT2D eigenvalue weighted by Gasteiger charge is 2.22. The van der Waals surface area contributed by atoms with Gasteiger partial charge in [0.25, 0.3) is 0 Å². The molecule has 0 aromatic heterocycles. The Morgan fingerprint density at radius 3 is 2.53 bits per heavy atom. The molecule has 2 atom stereocenters. The highest BCUT2D eigenvalue weighted by molar-refractivity contribution is 7.81. The summed E-state index contributed by atoms with van der Waals surface area (Å²) in [5.74, 6) is -2.28. The summed E-state index contributed by atoms with van der Waals surface area (Å²) >= 11 is 3.85. The van der Waals surface area contributed by atoms with Gasteiger partial charge in [-0.25, -0.2) is 4.79 Å². The van der Waals surface area contributed by atoms with E-state index in [0.29, 0.717) is 6.21 Å². The number of ketones is 1. The first-order valence-electron chi connectivity index (χ1n) is 4.80. The van der Waals surface area contributed by atoms with Gasteiger partial charge in [-0.15, -0.1) is 0 Å². The molecule has 0 radical (unpaired) electrons. The van der Waals surface area contributed by atoms with E-state index in [9.17, 15) is 14.4 Å². The smallest absolute Gasteiger partial charge is 0.326 e. The molecule has 0 rings (SSSR count). The predicted molar refractivity (Wildman–Crippen MR) is 61.9 cm³/mol. The fourth-order valence-electron chi connectivity index (χ4n) is 0.965. The molecular weight excluding hydrogens is 246 g/mol. The molecular formula is C9H13N3O4S. The zero-order chi connectivity index (χ0) is 13.4. The summed E-state index contributed by atoms with van der Waals surface area (Å²) in [6, 6.07) is -1.16. The average Bonchev–Trinajstić information content (AvgIpc) is 2.23. The number of carboxylic acids is 1. The summed E-state index contributed by atoms with van der Waals surface area (Å²) in [5.41, 5.74) is 8.08. The van der Waals surface area contributed by atoms with E-state index >= 15 is 0 Å². The van der Waals surface area contributed by atoms with Crippen LogP contribution in [0.5, 0.6) is 0 Å². The lowest BCUT2D eigenvalue weighted by molar-refractivity contribution is -0.142. The van der Waals surface area contributed by atoms with Gasteiger partial charge in [-0.2, -0.15) is 17.4 Å². The maximum atomic E-state index is 11.2. The number of aliphatic carboxylic acids is 1. The number of carbonyl (C=O) groups is 3. The van der Waals surface area contributed by atoms with Crippen molar-refractivity contribution in [2.75, 3.05) is 0 Å². The number of thiol groups is 1. The van der Waals surface area contributed by atoms with Crippen molar-refractivity contribution in [3.05, 3.63) is 5.53 Å². The standard InChI is InChI=1S/C9H13N3O4S/c1-5(17)8(14)12-7(9(15)16)3-2-6(13)4-11-10/h4-5,7,17H,2-3H2,1H3,(H,12,14)(H,15,16). The third-order valence-corrected chi connectivity index (χ3v) is 2.11. The van der Waals surface area contributed by atoms with Gasteiger partial charge in [0.05, 0.1) is 5.25 Å². The lowest BCUT2D eigenvalue weighted by atomic mass is 10.1. The molecule has 2 N–H and O–H groups in total. The predicted octanol–water partition coefficient (Wildman–Crippen LogP) is -0.476. The number of hydrogen-bond donors (Lipinski definition) is 3. The summed E-state index contributed by atoms with van der Waals surface area (Å²) in [6.45, 7) is 1.50. The first-order chi connectivity index (χ1) is 7.88. The molecule has 0 saturated heterocycles. The Kier molecular flexibility index (Phi) is 6.85. The lowest BCUT2D eigenvalue weighted by Gasteiger charge is -2.14. The molecule has 7 nitrogen and oxygen atoms in total. The Hall–Kier alpha value is -1.66. The van der Waals surface area contributed by atoms with E-state index in [4.69, 9.17) is 10.6 Å². The number of rotatable bonds is 7. The fraction of sp³-hybridized carbons (Fsp3) is 0.556. The molecule has 0 spiro atoms. The summed E-state index contributed by atoms with van der Waals surface area (Å²) in [7, 11) is 0. The Bertz CT molecular complexity index is 363. The van der Waals surface area contributed by atoms with E-state index in [1.54, 1.807) is 0 Å². The molecule has 0 saturated carbocycles. The minimum Gasteiger partial charge on any atom is -0.480 e. The second kappa shape index (κ2) is 7.59. The zero-order valence-corrected chi connectivity index (χ0v) is 10.1. The number of nitrogens with one attached hydrogen (secondary N) is 1. The molecule has 2 unspecified atom stereocenters. The minimum absolute atomic E-state index is 0.0770. The molecule has 0 aromatic rings. The minimum atomic E-state index is -1.24. The number of Topliss-reactive ketones (excluding diaryl/α,β-unsaturated/α-hetero) is 1. The highest BCUT2D eigenvalue weighted by Crippen LogP contribution is 2.01. The van der Waals surface area contributed by atoms with E-state index in [1.165, 1.54) is 6.92 Å². The van der Waals surface area contributed by atoms with Crippen molar-refractivity contribution in [3.63, 3.8) is 0 Å². The van der Waals surface area contributed by atoms with Crippen molar-refractivity contribution in [3.8, 4) is 0 Å². The normalized spacial score (nSPS) is 13.1. The van der Waals surface area contributed by atoms with E-state index < -0.39 is 29.0 Å². The van der Waals surface area contributed by atoms with Crippen molar-refractivity contribution >= 4 is 36.5 Å². The van der Waals surface area contributed by atoms with Gasteiger partial charge in [-0.1, -0.05) is 0 Å². The summed E-state index contributed by atoms with van der Waals surface area (Å²) in [6.07, 6.45) is 0.469. The molecule has 0 aliphatic heterocycles. The largest absolute Gasteiger partial charge is 0.480 e. The van der Waals surface area contributed by atoms with Crippen LogP contribution in [0.25, 0.3) is 5.53 Å². The first kappa shape index (κ1) is 15.3.